The highest BCUT2D eigenvalue weighted by molar-refractivity contribution is 6.34. The molecule has 0 aliphatic rings. The van der Waals surface area contributed by atoms with Crippen LogP contribution in [0.15, 0.2) is 54.7 Å². The topological polar surface area (TPSA) is 98.1 Å². The van der Waals surface area contributed by atoms with Crippen LogP contribution in [0.2, 0.25) is 10.0 Å². The number of aldehydes is 1. The van der Waals surface area contributed by atoms with Gasteiger partial charge in [0.1, 0.15) is 5.75 Å². The summed E-state index contributed by atoms with van der Waals surface area (Å²) in [4.78, 5) is 27.7. The number of fused-ring (bicyclic) bond motifs is 1. The zero-order valence-corrected chi connectivity index (χ0v) is 29.5. The number of nitrogens with zero attached hydrogens (tertiary/aromatic N) is 3. The van der Waals surface area contributed by atoms with Gasteiger partial charge in [-0.15, -0.1) is 0 Å². The Hall–Kier alpha value is -4.40. The van der Waals surface area contributed by atoms with Gasteiger partial charge in [-0.3, -0.25) is 19.3 Å². The summed E-state index contributed by atoms with van der Waals surface area (Å²) in [5, 5.41) is 13.3. The van der Waals surface area contributed by atoms with Gasteiger partial charge in [-0.1, -0.05) is 35.3 Å². The first-order chi connectivity index (χ1) is 23.1. The van der Waals surface area contributed by atoms with Crippen molar-refractivity contribution in [3.05, 3.63) is 104 Å². The van der Waals surface area contributed by atoms with Crippen LogP contribution in [0.4, 0.5) is 5.69 Å². The molecule has 5 rings (SSSR count). The molecule has 10 heteroatoms. The Balaban J connectivity index is 1.56. The molecule has 0 radical (unpaired) electrons. The molecule has 0 aliphatic carbocycles. The second-order valence-corrected chi connectivity index (χ2v) is 13.0. The number of anilines is 1. The van der Waals surface area contributed by atoms with E-state index in [0.717, 1.165) is 85.7 Å². The number of pyridine rings is 1. The molecular weight excluding hydrogens is 645 g/mol. The Labute approximate surface area is 291 Å². The van der Waals surface area contributed by atoms with Crippen molar-refractivity contribution < 1.29 is 14.3 Å². The smallest absolute Gasteiger partial charge is 0.207 e. The molecule has 2 N–H and O–H groups in total. The van der Waals surface area contributed by atoms with Crippen molar-refractivity contribution in [3.63, 3.8) is 0 Å². The number of nitrogens with one attached hydrogen (secondary N) is 2. The van der Waals surface area contributed by atoms with Crippen LogP contribution in [0.1, 0.15) is 62.8 Å². The van der Waals surface area contributed by atoms with Crippen LogP contribution in [0.5, 0.6) is 5.75 Å². The van der Waals surface area contributed by atoms with Gasteiger partial charge in [-0.25, -0.2) is 0 Å². The van der Waals surface area contributed by atoms with Crippen molar-refractivity contribution in [1.29, 1.82) is 0 Å². The van der Waals surface area contributed by atoms with Crippen molar-refractivity contribution in [2.24, 2.45) is 7.05 Å². The lowest BCUT2D eigenvalue weighted by Gasteiger charge is -2.25. The Morgan fingerprint density at radius 2 is 1.75 bits per heavy atom. The molecule has 2 heterocycles. The molecule has 0 fully saturated rings. The molecule has 1 unspecified atom stereocenters. The molecule has 48 heavy (non-hydrogen) atoms. The highest BCUT2D eigenvalue weighted by Gasteiger charge is 2.25. The molecule has 0 saturated heterocycles. The summed E-state index contributed by atoms with van der Waals surface area (Å²) in [5.74, 6) is 0.815. The third-order valence-corrected chi connectivity index (χ3v) is 9.73. The molecular formula is C38H41Cl2N5O3. The maximum Gasteiger partial charge on any atom is 0.207 e. The number of rotatable bonds is 15. The van der Waals surface area contributed by atoms with Crippen molar-refractivity contribution in [2.45, 2.75) is 52.9 Å². The summed E-state index contributed by atoms with van der Waals surface area (Å²) in [6.07, 6.45) is 5.51. The maximum atomic E-state index is 12.1. The highest BCUT2D eigenvalue weighted by Crippen LogP contribution is 2.44. The predicted molar refractivity (Wildman–Crippen MR) is 195 cm³/mol. The number of aryl methyl sites for hydroxylation is 4. The number of carbonyl (C=O) groups excluding carboxylic acids is 2. The zero-order valence-electron chi connectivity index (χ0n) is 28.0. The normalized spacial score (nSPS) is 11.8. The first-order valence-electron chi connectivity index (χ1n) is 16.1. The van der Waals surface area contributed by atoms with E-state index in [-0.39, 0.29) is 5.92 Å². The summed E-state index contributed by atoms with van der Waals surface area (Å²) >= 11 is 13.4. The van der Waals surface area contributed by atoms with E-state index in [1.807, 2.05) is 75.8 Å². The minimum absolute atomic E-state index is 0.0192. The fourth-order valence-electron chi connectivity index (χ4n) is 6.48. The second-order valence-electron chi connectivity index (χ2n) is 12.2. The Morgan fingerprint density at radius 3 is 2.44 bits per heavy atom. The van der Waals surface area contributed by atoms with Crippen molar-refractivity contribution in [2.75, 3.05) is 25.0 Å². The molecule has 250 valence electrons. The number of aromatic nitrogens is 3. The molecule has 2 aromatic heterocycles. The fraction of sp³-hybridized carbons (Fsp3) is 0.316. The summed E-state index contributed by atoms with van der Waals surface area (Å²) in [5.41, 5.74) is 9.97. The first-order valence-corrected chi connectivity index (χ1v) is 16.8. The minimum atomic E-state index is 0.0192. The van der Waals surface area contributed by atoms with Gasteiger partial charge in [0.25, 0.3) is 0 Å². The van der Waals surface area contributed by atoms with Crippen LogP contribution in [-0.2, 0) is 18.3 Å². The van der Waals surface area contributed by atoms with Gasteiger partial charge in [-0.05, 0) is 112 Å². The monoisotopic (exact) mass is 685 g/mol. The Bertz CT molecular complexity index is 1930. The molecule has 1 atom stereocenters. The fourth-order valence-corrected chi connectivity index (χ4v) is 6.84. The summed E-state index contributed by atoms with van der Waals surface area (Å²) in [6.45, 7) is 9.45. The van der Waals surface area contributed by atoms with Gasteiger partial charge >= 0.3 is 0 Å². The van der Waals surface area contributed by atoms with Gasteiger partial charge in [0.15, 0.2) is 6.29 Å². The quantitative estimate of drug-likeness (QED) is 0.0849. The van der Waals surface area contributed by atoms with Crippen LogP contribution >= 0.6 is 23.2 Å². The van der Waals surface area contributed by atoms with E-state index in [1.165, 1.54) is 0 Å². The van der Waals surface area contributed by atoms with Gasteiger partial charge in [0, 0.05) is 64.8 Å². The molecule has 0 saturated carbocycles. The van der Waals surface area contributed by atoms with Gasteiger partial charge < -0.3 is 15.4 Å². The summed E-state index contributed by atoms with van der Waals surface area (Å²) < 4.78 is 8.08. The van der Waals surface area contributed by atoms with E-state index in [2.05, 4.69) is 32.8 Å². The zero-order chi connectivity index (χ0) is 34.4. The standard InChI is InChI=1S/C38H41Cl2N5O3/c1-23-16-31(17-24(2)36(23)40)48-15-7-9-28(18-27-19-29-8-6-12-42-37(29)30(20-27)21-46)32-10-11-33(39)35(38(32)43-14-13-41-22-47)34-25(3)44-45(5)26(34)4/h6,8,10-12,16-17,19-22,28,43H,7,9,13-15,18H2,1-5H3,(H,41,47). The van der Waals surface area contributed by atoms with Crippen LogP contribution in [0, 0.1) is 27.7 Å². The van der Waals surface area contributed by atoms with Crippen molar-refractivity contribution in [3.8, 4) is 16.9 Å². The van der Waals surface area contributed by atoms with Crippen molar-refractivity contribution in [1.82, 2.24) is 20.1 Å². The van der Waals surface area contributed by atoms with Crippen molar-refractivity contribution >= 4 is 52.5 Å². The highest BCUT2D eigenvalue weighted by atomic mass is 35.5. The number of halogens is 2. The largest absolute Gasteiger partial charge is 0.494 e. The van der Waals surface area contributed by atoms with E-state index < -0.39 is 0 Å². The van der Waals surface area contributed by atoms with Crippen LogP contribution in [0.25, 0.3) is 22.0 Å². The summed E-state index contributed by atoms with van der Waals surface area (Å²) in [7, 11) is 1.93. The van der Waals surface area contributed by atoms with E-state index in [4.69, 9.17) is 27.9 Å². The first kappa shape index (κ1) is 34.9. The van der Waals surface area contributed by atoms with Crippen LogP contribution < -0.4 is 15.4 Å². The number of ether oxygens (including phenoxy) is 1. The number of hydrogen-bond donors (Lipinski definition) is 2. The third kappa shape index (κ3) is 7.66. The minimum Gasteiger partial charge on any atom is -0.494 e. The molecule has 1 amide bonds. The third-order valence-electron chi connectivity index (χ3n) is 8.82. The Morgan fingerprint density at radius 1 is 0.979 bits per heavy atom. The molecule has 8 nitrogen and oxygen atoms in total. The lowest BCUT2D eigenvalue weighted by atomic mass is 9.84. The lowest BCUT2D eigenvalue weighted by molar-refractivity contribution is -0.109. The van der Waals surface area contributed by atoms with Gasteiger partial charge in [0.05, 0.1) is 22.8 Å². The predicted octanol–water partition coefficient (Wildman–Crippen LogP) is 8.33. The van der Waals surface area contributed by atoms with Crippen LogP contribution in [0.3, 0.4) is 0 Å². The van der Waals surface area contributed by atoms with E-state index in [1.54, 1.807) is 6.20 Å². The lowest BCUT2D eigenvalue weighted by Crippen LogP contribution is -2.22. The molecule has 0 spiro atoms. The van der Waals surface area contributed by atoms with Crippen LogP contribution in [-0.4, -0.2) is 47.2 Å². The van der Waals surface area contributed by atoms with E-state index in [0.29, 0.717) is 48.6 Å². The molecule has 5 aromatic rings. The SMILES string of the molecule is Cc1cc(OCCCC(Cc2cc(C=O)c3ncccc3c2)c2ccc(Cl)c(-c3c(C)nn(C)c3C)c2NCCNC=O)cc(C)c1Cl. The maximum absolute atomic E-state index is 12.1. The second kappa shape index (κ2) is 15.7. The number of benzene rings is 3. The van der Waals surface area contributed by atoms with Gasteiger partial charge in [-0.2, -0.15) is 5.10 Å². The number of carbonyl (C=O) groups is 2. The number of hydrogen-bond acceptors (Lipinski definition) is 6. The molecule has 0 bridgehead atoms. The van der Waals surface area contributed by atoms with Gasteiger partial charge in [0.2, 0.25) is 6.41 Å². The molecule has 0 aliphatic heterocycles. The number of amides is 1. The van der Waals surface area contributed by atoms with E-state index >= 15 is 0 Å². The van der Waals surface area contributed by atoms with E-state index in [9.17, 15) is 9.59 Å². The average molecular weight is 687 g/mol. The Kier molecular flexibility index (Phi) is 11.4. The molecule has 3 aromatic carbocycles. The summed E-state index contributed by atoms with van der Waals surface area (Å²) in [6, 6.07) is 15.9. The average Bonchev–Trinajstić information content (AvgIpc) is 3.32.